The predicted octanol–water partition coefficient (Wildman–Crippen LogP) is 5.28. The van der Waals surface area contributed by atoms with E-state index >= 15 is 0 Å². The van der Waals surface area contributed by atoms with Gasteiger partial charge in [-0.05, 0) is 55.2 Å². The summed E-state index contributed by atoms with van der Waals surface area (Å²) in [6.07, 6.45) is 3.87. The van der Waals surface area contributed by atoms with E-state index in [1.54, 1.807) is 6.21 Å². The highest BCUT2D eigenvalue weighted by Gasteiger charge is 2.06. The Morgan fingerprint density at radius 1 is 1.18 bits per heavy atom. The van der Waals surface area contributed by atoms with Gasteiger partial charge in [0, 0.05) is 10.0 Å². The molecular weight excluding hydrogens is 420 g/mol. The summed E-state index contributed by atoms with van der Waals surface area (Å²) < 4.78 is 12.0. The molecule has 6 heteroatoms. The Bertz CT molecular complexity index is 791. The van der Waals surface area contributed by atoms with Crippen LogP contribution >= 0.6 is 15.9 Å². The number of amides is 1. The normalized spacial score (nSPS) is 12.0. The Balaban J connectivity index is 1.84. The molecule has 0 radical (unpaired) electrons. The zero-order valence-corrected chi connectivity index (χ0v) is 18.2. The van der Waals surface area contributed by atoms with Gasteiger partial charge in [-0.2, -0.15) is 5.10 Å². The molecule has 2 rings (SSSR count). The van der Waals surface area contributed by atoms with E-state index in [1.807, 2.05) is 49.4 Å². The zero-order chi connectivity index (χ0) is 20.4. The number of carbonyl (C=O) groups excluding carboxylic acids is 1. The van der Waals surface area contributed by atoms with E-state index in [2.05, 4.69) is 40.3 Å². The van der Waals surface area contributed by atoms with Gasteiger partial charge in [-0.15, -0.1) is 0 Å². The number of ether oxygens (including phenoxy) is 2. The molecule has 28 heavy (non-hydrogen) atoms. The van der Waals surface area contributed by atoms with Gasteiger partial charge in [0.2, 0.25) is 0 Å². The van der Waals surface area contributed by atoms with Crippen molar-refractivity contribution in [2.45, 2.75) is 39.5 Å². The number of benzene rings is 2. The SMILES string of the molecule is CCC[C@@H](C)c1ccc(OCC(=O)N/N=C\c2cc(Br)ccc2OCC)cc1. The molecule has 0 unspecified atom stereocenters. The van der Waals surface area contributed by atoms with Crippen molar-refractivity contribution in [1.82, 2.24) is 5.43 Å². The van der Waals surface area contributed by atoms with Crippen LogP contribution < -0.4 is 14.9 Å². The van der Waals surface area contributed by atoms with Crippen LogP contribution in [0.2, 0.25) is 0 Å². The number of nitrogens with zero attached hydrogens (tertiary/aromatic N) is 1. The van der Waals surface area contributed by atoms with Crippen molar-refractivity contribution in [3.8, 4) is 11.5 Å². The minimum absolute atomic E-state index is 0.0992. The van der Waals surface area contributed by atoms with Crippen LogP contribution in [0, 0.1) is 0 Å². The smallest absolute Gasteiger partial charge is 0.277 e. The van der Waals surface area contributed by atoms with Gasteiger partial charge in [-0.1, -0.05) is 48.3 Å². The largest absolute Gasteiger partial charge is 0.493 e. The molecule has 0 spiro atoms. The van der Waals surface area contributed by atoms with Gasteiger partial charge in [-0.25, -0.2) is 5.43 Å². The van der Waals surface area contributed by atoms with Crippen LogP contribution in [0.3, 0.4) is 0 Å². The second kappa shape index (κ2) is 11.5. The molecule has 0 aromatic heterocycles. The van der Waals surface area contributed by atoms with E-state index in [0.717, 1.165) is 22.9 Å². The maximum absolute atomic E-state index is 12.0. The highest BCUT2D eigenvalue weighted by Crippen LogP contribution is 2.23. The summed E-state index contributed by atoms with van der Waals surface area (Å²) in [6.45, 7) is 6.77. The van der Waals surface area contributed by atoms with Crippen molar-refractivity contribution in [3.05, 3.63) is 58.1 Å². The molecule has 0 saturated heterocycles. The van der Waals surface area contributed by atoms with Gasteiger partial charge in [0.15, 0.2) is 6.61 Å². The number of hydrogen-bond donors (Lipinski definition) is 1. The van der Waals surface area contributed by atoms with Crippen LogP contribution in [0.5, 0.6) is 11.5 Å². The molecule has 1 amide bonds. The molecule has 0 saturated carbocycles. The number of halogens is 1. The molecule has 5 nitrogen and oxygen atoms in total. The van der Waals surface area contributed by atoms with Crippen LogP contribution in [0.1, 0.15) is 50.7 Å². The van der Waals surface area contributed by atoms with Crippen molar-refractivity contribution in [3.63, 3.8) is 0 Å². The minimum atomic E-state index is -0.326. The Morgan fingerprint density at radius 2 is 1.93 bits per heavy atom. The summed E-state index contributed by atoms with van der Waals surface area (Å²) in [5, 5.41) is 3.99. The van der Waals surface area contributed by atoms with Crippen molar-refractivity contribution >= 4 is 28.1 Å². The number of nitrogens with one attached hydrogen (secondary N) is 1. The predicted molar refractivity (Wildman–Crippen MR) is 116 cm³/mol. The van der Waals surface area contributed by atoms with E-state index in [-0.39, 0.29) is 12.5 Å². The number of carbonyl (C=O) groups is 1. The fraction of sp³-hybridized carbons (Fsp3) is 0.364. The number of hydrogen-bond acceptors (Lipinski definition) is 4. The van der Waals surface area contributed by atoms with Gasteiger partial charge in [0.05, 0.1) is 12.8 Å². The van der Waals surface area contributed by atoms with Gasteiger partial charge >= 0.3 is 0 Å². The standard InChI is InChI=1S/C22H27BrN2O3/c1-4-6-16(3)17-7-10-20(11-8-17)28-15-22(26)25-24-14-18-13-19(23)9-12-21(18)27-5-2/h7-14,16H,4-6,15H2,1-3H3,(H,25,26)/b24-14-/t16-/m1/s1. The fourth-order valence-electron chi connectivity index (χ4n) is 2.75. The Labute approximate surface area is 175 Å². The summed E-state index contributed by atoms with van der Waals surface area (Å²) in [5.41, 5.74) is 4.52. The quantitative estimate of drug-likeness (QED) is 0.398. The Kier molecular flexibility index (Phi) is 9.01. The van der Waals surface area contributed by atoms with Crippen LogP contribution in [0.4, 0.5) is 0 Å². The Hall–Kier alpha value is -2.34. The first kappa shape index (κ1) is 22.0. The minimum Gasteiger partial charge on any atom is -0.493 e. The average Bonchev–Trinajstić information content (AvgIpc) is 2.69. The summed E-state index contributed by atoms with van der Waals surface area (Å²) >= 11 is 3.42. The molecule has 150 valence electrons. The Morgan fingerprint density at radius 3 is 2.61 bits per heavy atom. The van der Waals surface area contributed by atoms with Crippen LogP contribution in [0.15, 0.2) is 52.0 Å². The molecular formula is C22H27BrN2O3. The first-order chi connectivity index (χ1) is 13.5. The lowest BCUT2D eigenvalue weighted by Crippen LogP contribution is -2.24. The summed E-state index contributed by atoms with van der Waals surface area (Å²) in [7, 11) is 0. The third-order valence-corrected chi connectivity index (χ3v) is 4.70. The molecule has 2 aromatic rings. The fourth-order valence-corrected chi connectivity index (χ4v) is 3.13. The maximum Gasteiger partial charge on any atom is 0.277 e. The van der Waals surface area contributed by atoms with Gasteiger partial charge in [0.1, 0.15) is 11.5 Å². The first-order valence-electron chi connectivity index (χ1n) is 9.50. The molecule has 2 aromatic carbocycles. The lowest BCUT2D eigenvalue weighted by atomic mass is 9.97. The first-order valence-corrected chi connectivity index (χ1v) is 10.3. The molecule has 0 aliphatic heterocycles. The van der Waals surface area contributed by atoms with E-state index in [0.29, 0.717) is 24.0 Å². The van der Waals surface area contributed by atoms with Crippen molar-refractivity contribution < 1.29 is 14.3 Å². The molecule has 0 aliphatic rings. The summed E-state index contributed by atoms with van der Waals surface area (Å²) in [4.78, 5) is 12.0. The van der Waals surface area contributed by atoms with Gasteiger partial charge in [-0.3, -0.25) is 4.79 Å². The second-order valence-corrected chi connectivity index (χ2v) is 7.37. The van der Waals surface area contributed by atoms with Gasteiger partial charge < -0.3 is 9.47 Å². The van der Waals surface area contributed by atoms with Crippen molar-refractivity contribution in [2.75, 3.05) is 13.2 Å². The van der Waals surface area contributed by atoms with E-state index in [4.69, 9.17) is 9.47 Å². The lowest BCUT2D eigenvalue weighted by molar-refractivity contribution is -0.123. The molecule has 0 aliphatic carbocycles. The number of rotatable bonds is 10. The monoisotopic (exact) mass is 446 g/mol. The second-order valence-electron chi connectivity index (χ2n) is 6.46. The van der Waals surface area contributed by atoms with Crippen LogP contribution in [-0.2, 0) is 4.79 Å². The maximum atomic E-state index is 12.0. The van der Waals surface area contributed by atoms with Crippen LogP contribution in [0.25, 0.3) is 0 Å². The molecule has 0 fully saturated rings. The number of hydrazone groups is 1. The van der Waals surface area contributed by atoms with E-state index in [1.165, 1.54) is 5.56 Å². The van der Waals surface area contributed by atoms with Crippen molar-refractivity contribution in [1.29, 1.82) is 0 Å². The third-order valence-electron chi connectivity index (χ3n) is 4.21. The third kappa shape index (κ3) is 7.00. The molecule has 1 N–H and O–H groups in total. The van der Waals surface area contributed by atoms with Crippen molar-refractivity contribution in [2.24, 2.45) is 5.10 Å². The lowest BCUT2D eigenvalue weighted by Gasteiger charge is -2.11. The van der Waals surface area contributed by atoms with Crippen LogP contribution in [-0.4, -0.2) is 25.3 Å². The molecule has 0 heterocycles. The van der Waals surface area contributed by atoms with E-state index < -0.39 is 0 Å². The highest BCUT2D eigenvalue weighted by molar-refractivity contribution is 9.10. The summed E-state index contributed by atoms with van der Waals surface area (Å²) in [5.74, 6) is 1.57. The highest BCUT2D eigenvalue weighted by atomic mass is 79.9. The van der Waals surface area contributed by atoms with E-state index in [9.17, 15) is 4.79 Å². The summed E-state index contributed by atoms with van der Waals surface area (Å²) in [6, 6.07) is 13.5. The molecule has 1 atom stereocenters. The zero-order valence-electron chi connectivity index (χ0n) is 16.6. The topological polar surface area (TPSA) is 59.9 Å². The van der Waals surface area contributed by atoms with Gasteiger partial charge in [0.25, 0.3) is 5.91 Å². The molecule has 0 bridgehead atoms. The average molecular weight is 447 g/mol.